The Morgan fingerprint density at radius 3 is 2.35 bits per heavy atom. The van der Waals surface area contributed by atoms with Gasteiger partial charge in [0.2, 0.25) is 0 Å². The average molecular weight is 412 g/mol. The maximum atomic E-state index is 12.6. The van der Waals surface area contributed by atoms with Crippen molar-refractivity contribution in [3.05, 3.63) is 90.5 Å². The van der Waals surface area contributed by atoms with Crippen LogP contribution in [0.3, 0.4) is 0 Å². The van der Waals surface area contributed by atoms with Crippen molar-refractivity contribution < 1.29 is 14.3 Å². The van der Waals surface area contributed by atoms with Gasteiger partial charge in [0.05, 0.1) is 0 Å². The summed E-state index contributed by atoms with van der Waals surface area (Å²) in [4.78, 5) is 14.4. The largest absolute Gasteiger partial charge is 0.484 e. The van der Waals surface area contributed by atoms with Crippen molar-refractivity contribution in [1.29, 1.82) is 0 Å². The summed E-state index contributed by atoms with van der Waals surface area (Å²) in [5, 5.41) is 0. The molecule has 31 heavy (non-hydrogen) atoms. The summed E-state index contributed by atoms with van der Waals surface area (Å²) in [7, 11) is 0. The molecule has 156 valence electrons. The number of carbonyl (C=O) groups is 1. The minimum absolute atomic E-state index is 0.0198. The van der Waals surface area contributed by atoms with Crippen molar-refractivity contribution in [2.24, 2.45) is 0 Å². The van der Waals surface area contributed by atoms with Crippen LogP contribution in [-0.4, -0.2) is 36.1 Å². The number of nitrogens with zero attached hydrogens (tertiary/aromatic N) is 1. The van der Waals surface area contributed by atoms with Crippen molar-refractivity contribution in [3.8, 4) is 22.6 Å². The highest BCUT2D eigenvalue weighted by Crippen LogP contribution is 2.38. The van der Waals surface area contributed by atoms with E-state index in [1.165, 1.54) is 11.1 Å². The molecule has 0 N–H and O–H groups in total. The molecular weight excluding hydrogens is 386 g/mol. The molecule has 0 atom stereocenters. The van der Waals surface area contributed by atoms with Gasteiger partial charge in [-0.05, 0) is 41.5 Å². The highest BCUT2D eigenvalue weighted by atomic mass is 16.5. The number of amides is 1. The van der Waals surface area contributed by atoms with Crippen LogP contribution in [0.1, 0.15) is 18.4 Å². The maximum absolute atomic E-state index is 12.6. The lowest BCUT2D eigenvalue weighted by Gasteiger charge is -2.42. The molecule has 3 aromatic rings. The first-order valence-electron chi connectivity index (χ1n) is 10.7. The van der Waals surface area contributed by atoms with Crippen LogP contribution < -0.4 is 9.47 Å². The molecule has 0 aliphatic carbocycles. The average Bonchev–Trinajstić information content (AvgIpc) is 2.84. The number of fused-ring (bicyclic) bond motifs is 1. The Bertz CT molecular complexity index is 1080. The molecule has 0 unspecified atom stereocenters. The summed E-state index contributed by atoms with van der Waals surface area (Å²) in [6.07, 6.45) is 5.90. The number of rotatable bonds is 4. The van der Waals surface area contributed by atoms with E-state index in [1.54, 1.807) is 0 Å². The number of hydrogen-bond acceptors (Lipinski definition) is 3. The topological polar surface area (TPSA) is 38.8 Å². The van der Waals surface area contributed by atoms with E-state index in [1.807, 2.05) is 41.3 Å². The summed E-state index contributed by atoms with van der Waals surface area (Å²) in [6, 6.07) is 26.2. The smallest absolute Gasteiger partial charge is 0.260 e. The van der Waals surface area contributed by atoms with Crippen molar-refractivity contribution in [3.63, 3.8) is 0 Å². The quantitative estimate of drug-likeness (QED) is 0.592. The number of ether oxygens (including phenoxy) is 2. The first-order valence-corrected chi connectivity index (χ1v) is 10.7. The summed E-state index contributed by atoms with van der Waals surface area (Å²) in [5.74, 6) is 1.65. The highest BCUT2D eigenvalue weighted by Gasteiger charge is 2.38. The molecule has 3 aromatic carbocycles. The van der Waals surface area contributed by atoms with Crippen LogP contribution in [0.5, 0.6) is 11.5 Å². The third-order valence-electron chi connectivity index (χ3n) is 6.06. The second-order valence-corrected chi connectivity index (χ2v) is 8.10. The van der Waals surface area contributed by atoms with Gasteiger partial charge >= 0.3 is 0 Å². The van der Waals surface area contributed by atoms with E-state index < -0.39 is 0 Å². The van der Waals surface area contributed by atoms with E-state index >= 15 is 0 Å². The molecule has 2 aliphatic rings. The van der Waals surface area contributed by atoms with E-state index in [4.69, 9.17) is 9.47 Å². The zero-order chi connectivity index (χ0) is 21.1. The summed E-state index contributed by atoms with van der Waals surface area (Å²) < 4.78 is 12.1. The first kappa shape index (κ1) is 19.4. The Labute approximate surface area is 182 Å². The predicted molar refractivity (Wildman–Crippen MR) is 122 cm³/mol. The van der Waals surface area contributed by atoms with Crippen molar-refractivity contribution in [1.82, 2.24) is 4.90 Å². The van der Waals surface area contributed by atoms with E-state index in [0.717, 1.165) is 24.2 Å². The molecule has 1 amide bonds. The van der Waals surface area contributed by atoms with Crippen molar-refractivity contribution in [2.45, 2.75) is 18.4 Å². The molecule has 1 spiro atoms. The molecule has 1 fully saturated rings. The molecule has 1 saturated heterocycles. The number of hydrogen-bond donors (Lipinski definition) is 0. The van der Waals surface area contributed by atoms with Crippen LogP contribution in [0, 0.1) is 0 Å². The molecule has 2 aliphatic heterocycles. The lowest BCUT2D eigenvalue weighted by molar-refractivity contribution is -0.136. The fourth-order valence-corrected chi connectivity index (χ4v) is 4.23. The van der Waals surface area contributed by atoms with Gasteiger partial charge < -0.3 is 14.4 Å². The molecule has 4 nitrogen and oxygen atoms in total. The van der Waals surface area contributed by atoms with Gasteiger partial charge in [-0.2, -0.15) is 0 Å². The van der Waals surface area contributed by atoms with E-state index in [9.17, 15) is 4.79 Å². The monoisotopic (exact) mass is 411 g/mol. The third kappa shape index (κ3) is 4.19. The number of piperidine rings is 1. The Kier molecular flexibility index (Phi) is 5.21. The van der Waals surface area contributed by atoms with Crippen LogP contribution in [0.15, 0.2) is 84.9 Å². The Morgan fingerprint density at radius 1 is 0.903 bits per heavy atom. The van der Waals surface area contributed by atoms with Gasteiger partial charge in [-0.1, -0.05) is 60.7 Å². The second-order valence-electron chi connectivity index (χ2n) is 8.10. The van der Waals surface area contributed by atoms with Gasteiger partial charge in [0.15, 0.2) is 6.61 Å². The fourth-order valence-electron chi connectivity index (χ4n) is 4.23. The number of para-hydroxylation sites is 1. The van der Waals surface area contributed by atoms with Crippen LogP contribution in [0.25, 0.3) is 17.2 Å². The number of benzene rings is 3. The van der Waals surface area contributed by atoms with Crippen molar-refractivity contribution in [2.75, 3.05) is 19.7 Å². The normalized spacial score (nSPS) is 16.5. The standard InChI is InChI=1S/C27H25NO3/c29-26(20-30-24-9-5-2-6-10-24)28-17-15-27(16-18-28)14-13-23-19-22(11-12-25(23)31-27)21-7-3-1-4-8-21/h1-14,19H,15-18,20H2. The van der Waals surface area contributed by atoms with Gasteiger partial charge in [-0.3, -0.25) is 4.79 Å². The minimum atomic E-state index is -0.335. The summed E-state index contributed by atoms with van der Waals surface area (Å²) >= 11 is 0. The Hall–Kier alpha value is -3.53. The zero-order valence-corrected chi connectivity index (χ0v) is 17.4. The second kappa shape index (κ2) is 8.31. The van der Waals surface area contributed by atoms with Gasteiger partial charge in [-0.25, -0.2) is 0 Å². The molecular formula is C27H25NO3. The number of likely N-dealkylation sites (tertiary alicyclic amines) is 1. The van der Waals surface area contributed by atoms with E-state index in [0.29, 0.717) is 18.8 Å². The maximum Gasteiger partial charge on any atom is 0.260 e. The molecule has 2 heterocycles. The van der Waals surface area contributed by atoms with Gasteiger partial charge in [-0.15, -0.1) is 0 Å². The van der Waals surface area contributed by atoms with Gasteiger partial charge in [0.1, 0.15) is 17.1 Å². The molecule has 5 rings (SSSR count). The first-order chi connectivity index (χ1) is 15.2. The van der Waals surface area contributed by atoms with Gasteiger partial charge in [0, 0.05) is 31.5 Å². The Balaban J connectivity index is 1.21. The van der Waals surface area contributed by atoms with Crippen LogP contribution >= 0.6 is 0 Å². The lowest BCUT2D eigenvalue weighted by Crippen LogP contribution is -2.50. The van der Waals surface area contributed by atoms with E-state index in [-0.39, 0.29) is 18.1 Å². The third-order valence-corrected chi connectivity index (χ3v) is 6.06. The Morgan fingerprint density at radius 2 is 1.61 bits per heavy atom. The van der Waals surface area contributed by atoms with Crippen LogP contribution in [0.4, 0.5) is 0 Å². The molecule has 0 bridgehead atoms. The van der Waals surface area contributed by atoms with Gasteiger partial charge in [0.25, 0.3) is 5.91 Å². The summed E-state index contributed by atoms with van der Waals surface area (Å²) in [6.45, 7) is 1.40. The van der Waals surface area contributed by atoms with E-state index in [2.05, 4.69) is 54.6 Å². The molecule has 0 aromatic heterocycles. The molecule has 0 radical (unpaired) electrons. The minimum Gasteiger partial charge on any atom is -0.484 e. The zero-order valence-electron chi connectivity index (χ0n) is 17.4. The summed E-state index contributed by atoms with van der Waals surface area (Å²) in [5.41, 5.74) is 3.14. The SMILES string of the molecule is O=C(COc1ccccc1)N1CCC2(C=Cc3cc(-c4ccccc4)ccc3O2)CC1. The van der Waals surface area contributed by atoms with Crippen molar-refractivity contribution >= 4 is 12.0 Å². The molecule has 0 saturated carbocycles. The predicted octanol–water partition coefficient (Wildman–Crippen LogP) is 5.20. The van der Waals surface area contributed by atoms with Crippen LogP contribution in [-0.2, 0) is 4.79 Å². The fraction of sp³-hybridized carbons (Fsp3) is 0.222. The molecule has 4 heteroatoms. The van der Waals surface area contributed by atoms with Crippen LogP contribution in [0.2, 0.25) is 0 Å². The lowest BCUT2D eigenvalue weighted by atomic mass is 9.87. The highest BCUT2D eigenvalue weighted by molar-refractivity contribution is 5.78. The number of carbonyl (C=O) groups excluding carboxylic acids is 1.